The van der Waals surface area contributed by atoms with E-state index in [0.717, 1.165) is 11.3 Å². The maximum Gasteiger partial charge on any atom is 0.255 e. The Kier molecular flexibility index (Phi) is 6.06. The second-order valence-corrected chi connectivity index (χ2v) is 5.88. The molecule has 0 spiro atoms. The summed E-state index contributed by atoms with van der Waals surface area (Å²) in [5.41, 5.74) is 1.92. The highest BCUT2D eigenvalue weighted by molar-refractivity contribution is 5.99. The number of benzene rings is 2. The SMILES string of the molecule is COc1ccc(OC[C@H](O)CNC(=O)c2cn[nH]c2-c2ccccc2)cc1. The number of nitrogens with zero attached hydrogens (tertiary/aromatic N) is 1. The Morgan fingerprint density at radius 1 is 1.15 bits per heavy atom. The van der Waals surface area contributed by atoms with E-state index in [1.54, 1.807) is 31.4 Å². The van der Waals surface area contributed by atoms with Crippen LogP contribution in [0.4, 0.5) is 0 Å². The van der Waals surface area contributed by atoms with Gasteiger partial charge in [0.05, 0.1) is 24.6 Å². The van der Waals surface area contributed by atoms with E-state index in [2.05, 4.69) is 15.5 Å². The molecule has 27 heavy (non-hydrogen) atoms. The lowest BCUT2D eigenvalue weighted by Crippen LogP contribution is -2.35. The van der Waals surface area contributed by atoms with Crippen LogP contribution in [0.15, 0.2) is 60.8 Å². The van der Waals surface area contributed by atoms with Crippen LogP contribution in [0, 0.1) is 0 Å². The standard InChI is InChI=1S/C20H21N3O4/c1-26-16-7-9-17(10-8-16)27-13-15(24)11-21-20(25)18-12-22-23-19(18)14-5-3-2-4-6-14/h2-10,12,15,24H,11,13H2,1H3,(H,21,25)(H,22,23)/t15-/m1/s1. The van der Waals surface area contributed by atoms with Crippen LogP contribution < -0.4 is 14.8 Å². The smallest absolute Gasteiger partial charge is 0.255 e. The third kappa shape index (κ3) is 4.86. The summed E-state index contributed by atoms with van der Waals surface area (Å²) in [6, 6.07) is 16.5. The van der Waals surface area contributed by atoms with Crippen LogP contribution >= 0.6 is 0 Å². The number of carbonyl (C=O) groups is 1. The molecule has 0 fully saturated rings. The highest BCUT2D eigenvalue weighted by Gasteiger charge is 2.16. The van der Waals surface area contributed by atoms with E-state index in [0.29, 0.717) is 17.0 Å². The minimum absolute atomic E-state index is 0.0591. The Morgan fingerprint density at radius 3 is 2.56 bits per heavy atom. The van der Waals surface area contributed by atoms with E-state index >= 15 is 0 Å². The van der Waals surface area contributed by atoms with Crippen molar-refractivity contribution in [1.82, 2.24) is 15.5 Å². The van der Waals surface area contributed by atoms with Crippen molar-refractivity contribution in [3.05, 3.63) is 66.4 Å². The number of nitrogens with one attached hydrogen (secondary N) is 2. The van der Waals surface area contributed by atoms with Crippen LogP contribution in [-0.4, -0.2) is 47.6 Å². The molecule has 0 bridgehead atoms. The molecule has 1 aromatic heterocycles. The van der Waals surface area contributed by atoms with E-state index in [1.165, 1.54) is 6.20 Å². The van der Waals surface area contributed by atoms with Gasteiger partial charge in [0.2, 0.25) is 0 Å². The summed E-state index contributed by atoms with van der Waals surface area (Å²) in [4.78, 5) is 12.4. The molecule has 3 rings (SSSR count). The van der Waals surface area contributed by atoms with Crippen molar-refractivity contribution in [1.29, 1.82) is 0 Å². The Balaban J connectivity index is 1.51. The molecule has 0 saturated heterocycles. The molecule has 0 aliphatic rings. The Morgan fingerprint density at radius 2 is 1.85 bits per heavy atom. The number of methoxy groups -OCH3 is 1. The van der Waals surface area contributed by atoms with Crippen LogP contribution in [0.3, 0.4) is 0 Å². The molecule has 1 amide bonds. The van der Waals surface area contributed by atoms with E-state index in [9.17, 15) is 9.90 Å². The fourth-order valence-corrected chi connectivity index (χ4v) is 2.51. The zero-order chi connectivity index (χ0) is 19.1. The summed E-state index contributed by atoms with van der Waals surface area (Å²) in [7, 11) is 1.59. The molecule has 0 radical (unpaired) electrons. The van der Waals surface area contributed by atoms with Crippen LogP contribution in [0.1, 0.15) is 10.4 Å². The van der Waals surface area contributed by atoms with Crippen molar-refractivity contribution in [2.75, 3.05) is 20.3 Å². The number of hydrogen-bond acceptors (Lipinski definition) is 5. The van der Waals surface area contributed by atoms with Crippen molar-refractivity contribution < 1.29 is 19.4 Å². The number of amides is 1. The van der Waals surface area contributed by atoms with Crippen molar-refractivity contribution in [3.8, 4) is 22.8 Å². The Labute approximate surface area is 157 Å². The van der Waals surface area contributed by atoms with Gasteiger partial charge in [-0.1, -0.05) is 30.3 Å². The van der Waals surface area contributed by atoms with Gasteiger partial charge >= 0.3 is 0 Å². The minimum Gasteiger partial charge on any atom is -0.497 e. The van der Waals surface area contributed by atoms with Gasteiger partial charge in [-0.3, -0.25) is 9.89 Å². The third-order valence-electron chi connectivity index (χ3n) is 3.95. The van der Waals surface area contributed by atoms with E-state index in [4.69, 9.17) is 9.47 Å². The van der Waals surface area contributed by atoms with Gasteiger partial charge in [-0.15, -0.1) is 0 Å². The van der Waals surface area contributed by atoms with Crippen LogP contribution in [0.2, 0.25) is 0 Å². The number of ether oxygens (including phenoxy) is 2. The molecule has 7 nitrogen and oxygen atoms in total. The molecular weight excluding hydrogens is 346 g/mol. The monoisotopic (exact) mass is 367 g/mol. The lowest BCUT2D eigenvalue weighted by atomic mass is 10.1. The number of rotatable bonds is 8. The van der Waals surface area contributed by atoms with Gasteiger partial charge < -0.3 is 19.9 Å². The second kappa shape index (κ2) is 8.86. The molecule has 0 saturated carbocycles. The van der Waals surface area contributed by atoms with Gasteiger partial charge in [0.1, 0.15) is 24.2 Å². The molecule has 1 atom stereocenters. The van der Waals surface area contributed by atoms with Crippen LogP contribution in [0.5, 0.6) is 11.5 Å². The number of aliphatic hydroxyl groups excluding tert-OH is 1. The number of carbonyl (C=O) groups excluding carboxylic acids is 1. The lowest BCUT2D eigenvalue weighted by molar-refractivity contribution is 0.0844. The first-order valence-corrected chi connectivity index (χ1v) is 8.49. The number of aromatic amines is 1. The van der Waals surface area contributed by atoms with Gasteiger partial charge in [-0.2, -0.15) is 5.10 Å². The van der Waals surface area contributed by atoms with Gasteiger partial charge in [0.25, 0.3) is 5.91 Å². The first kappa shape index (κ1) is 18.5. The first-order chi connectivity index (χ1) is 13.2. The normalized spacial score (nSPS) is 11.6. The number of aromatic nitrogens is 2. The molecule has 0 unspecified atom stereocenters. The molecule has 1 heterocycles. The van der Waals surface area contributed by atoms with E-state index in [1.807, 2.05) is 30.3 Å². The summed E-state index contributed by atoms with van der Waals surface area (Å²) >= 11 is 0. The quantitative estimate of drug-likeness (QED) is 0.567. The minimum atomic E-state index is -0.844. The molecule has 140 valence electrons. The van der Waals surface area contributed by atoms with Crippen molar-refractivity contribution >= 4 is 5.91 Å². The summed E-state index contributed by atoms with van der Waals surface area (Å²) in [6.45, 7) is 0.123. The maximum absolute atomic E-state index is 12.4. The van der Waals surface area contributed by atoms with Crippen molar-refractivity contribution in [2.24, 2.45) is 0 Å². The first-order valence-electron chi connectivity index (χ1n) is 8.49. The van der Waals surface area contributed by atoms with Gasteiger partial charge in [-0.05, 0) is 24.3 Å². The Bertz CT molecular complexity index is 862. The molecule has 0 aliphatic carbocycles. The largest absolute Gasteiger partial charge is 0.497 e. The van der Waals surface area contributed by atoms with Gasteiger partial charge in [0, 0.05) is 12.1 Å². The number of H-pyrrole nitrogens is 1. The highest BCUT2D eigenvalue weighted by atomic mass is 16.5. The summed E-state index contributed by atoms with van der Waals surface area (Å²) in [6.07, 6.45) is 0.626. The molecule has 3 aromatic rings. The van der Waals surface area contributed by atoms with Gasteiger partial charge in [0.15, 0.2) is 0 Å². The predicted octanol–water partition coefficient (Wildman–Crippen LogP) is 2.25. The van der Waals surface area contributed by atoms with E-state index < -0.39 is 6.10 Å². The fourth-order valence-electron chi connectivity index (χ4n) is 2.51. The second-order valence-electron chi connectivity index (χ2n) is 5.88. The number of aliphatic hydroxyl groups is 1. The van der Waals surface area contributed by atoms with Gasteiger partial charge in [-0.25, -0.2) is 0 Å². The predicted molar refractivity (Wildman–Crippen MR) is 101 cm³/mol. The summed E-state index contributed by atoms with van der Waals surface area (Å²) < 4.78 is 10.6. The molecule has 3 N–H and O–H groups in total. The fraction of sp³-hybridized carbons (Fsp3) is 0.200. The zero-order valence-corrected chi connectivity index (χ0v) is 14.9. The topological polar surface area (TPSA) is 96.5 Å². The highest BCUT2D eigenvalue weighted by Crippen LogP contribution is 2.20. The molecule has 7 heteroatoms. The average molecular weight is 367 g/mol. The Hall–Kier alpha value is -3.32. The third-order valence-corrected chi connectivity index (χ3v) is 3.95. The van der Waals surface area contributed by atoms with Crippen molar-refractivity contribution in [3.63, 3.8) is 0 Å². The van der Waals surface area contributed by atoms with E-state index in [-0.39, 0.29) is 19.1 Å². The summed E-state index contributed by atoms with van der Waals surface area (Å²) in [5.74, 6) is 1.03. The molecular formula is C20H21N3O4. The number of hydrogen-bond donors (Lipinski definition) is 3. The average Bonchev–Trinajstić information content (AvgIpc) is 3.21. The zero-order valence-electron chi connectivity index (χ0n) is 14.9. The molecule has 2 aromatic carbocycles. The van der Waals surface area contributed by atoms with Crippen LogP contribution in [0.25, 0.3) is 11.3 Å². The van der Waals surface area contributed by atoms with Crippen LogP contribution in [-0.2, 0) is 0 Å². The maximum atomic E-state index is 12.4. The molecule has 0 aliphatic heterocycles. The lowest BCUT2D eigenvalue weighted by Gasteiger charge is -2.13. The van der Waals surface area contributed by atoms with Crippen molar-refractivity contribution in [2.45, 2.75) is 6.10 Å². The summed E-state index contributed by atoms with van der Waals surface area (Å²) in [5, 5.41) is 19.5.